The first-order valence-corrected chi connectivity index (χ1v) is 8.08. The summed E-state index contributed by atoms with van der Waals surface area (Å²) in [6.07, 6.45) is 4.84. The Labute approximate surface area is 145 Å². The Kier molecular flexibility index (Phi) is 4.52. The van der Waals surface area contributed by atoms with Gasteiger partial charge < -0.3 is 15.5 Å². The smallest absolute Gasteiger partial charge is 0.256 e. The fourth-order valence-electron chi connectivity index (χ4n) is 2.88. The molecule has 0 fully saturated rings. The van der Waals surface area contributed by atoms with Crippen LogP contribution in [0.2, 0.25) is 0 Å². The molecule has 128 valence electrons. The van der Waals surface area contributed by atoms with Gasteiger partial charge in [-0.1, -0.05) is 19.4 Å². The lowest BCUT2D eigenvalue weighted by Crippen LogP contribution is -2.12. The molecule has 1 aromatic carbocycles. The Hall–Kier alpha value is -3.15. The molecule has 25 heavy (non-hydrogen) atoms. The minimum absolute atomic E-state index is 0.0916. The quantitative estimate of drug-likeness (QED) is 0.676. The number of fused-ring (bicyclic) bond motifs is 1. The second-order valence-electron chi connectivity index (χ2n) is 5.84. The van der Waals surface area contributed by atoms with Crippen molar-refractivity contribution in [2.75, 3.05) is 5.32 Å². The highest BCUT2D eigenvalue weighted by Crippen LogP contribution is 2.40. The molecule has 0 aliphatic rings. The molecular formula is C19H19N3O3. The first kappa shape index (κ1) is 16.7. The highest BCUT2D eigenvalue weighted by Gasteiger charge is 2.19. The largest absolute Gasteiger partial charge is 0.505 e. The third-order valence-corrected chi connectivity index (χ3v) is 4.18. The molecule has 0 aliphatic heterocycles. The maximum Gasteiger partial charge on any atom is 0.256 e. The van der Waals surface area contributed by atoms with E-state index in [1.165, 1.54) is 12.4 Å². The Bertz CT molecular complexity index is 940. The molecule has 0 saturated heterocycles. The summed E-state index contributed by atoms with van der Waals surface area (Å²) in [5, 5.41) is 23.9. The summed E-state index contributed by atoms with van der Waals surface area (Å²) in [5.41, 5.74) is 2.75. The number of hydrogen-bond acceptors (Lipinski definition) is 5. The van der Waals surface area contributed by atoms with Crippen LogP contribution in [0.5, 0.6) is 11.6 Å². The SMILES string of the molecule is CCCc1ccc2nc(O)c(NC(=O)c3ccncc3)c(O)c2c1C. The van der Waals surface area contributed by atoms with Gasteiger partial charge >= 0.3 is 0 Å². The van der Waals surface area contributed by atoms with Gasteiger partial charge in [-0.25, -0.2) is 4.98 Å². The van der Waals surface area contributed by atoms with Crippen LogP contribution in [0.15, 0.2) is 36.7 Å². The number of aromatic nitrogens is 2. The standard InChI is InChI=1S/C19H19N3O3/c1-3-4-12-5-6-14-15(11(12)2)17(23)16(19(25)21-14)22-18(24)13-7-9-20-10-8-13/h5-10H,3-4H2,1-2H3,(H,22,24)(H2,21,23,25). The molecule has 3 N–H and O–H groups in total. The van der Waals surface area contributed by atoms with Crippen LogP contribution < -0.4 is 5.32 Å². The fraction of sp³-hybridized carbons (Fsp3) is 0.211. The molecule has 0 spiro atoms. The molecule has 1 amide bonds. The monoisotopic (exact) mass is 337 g/mol. The molecule has 0 bridgehead atoms. The van der Waals surface area contributed by atoms with Gasteiger partial charge in [-0.2, -0.15) is 0 Å². The van der Waals surface area contributed by atoms with E-state index < -0.39 is 11.8 Å². The van der Waals surface area contributed by atoms with E-state index >= 15 is 0 Å². The predicted molar refractivity (Wildman–Crippen MR) is 96.0 cm³/mol. The van der Waals surface area contributed by atoms with Crippen molar-refractivity contribution in [2.24, 2.45) is 0 Å². The Morgan fingerprint density at radius 1 is 1.16 bits per heavy atom. The maximum atomic E-state index is 12.3. The van der Waals surface area contributed by atoms with Gasteiger partial charge in [-0.05, 0) is 42.7 Å². The number of pyridine rings is 2. The van der Waals surface area contributed by atoms with Gasteiger partial charge in [-0.3, -0.25) is 9.78 Å². The summed E-state index contributed by atoms with van der Waals surface area (Å²) < 4.78 is 0. The van der Waals surface area contributed by atoms with E-state index in [-0.39, 0.29) is 11.4 Å². The zero-order valence-corrected chi connectivity index (χ0v) is 14.1. The van der Waals surface area contributed by atoms with Crippen molar-refractivity contribution >= 4 is 22.5 Å². The van der Waals surface area contributed by atoms with Gasteiger partial charge in [0.05, 0.1) is 5.52 Å². The van der Waals surface area contributed by atoms with Crippen LogP contribution in [0.3, 0.4) is 0 Å². The van der Waals surface area contributed by atoms with Crippen LogP contribution in [-0.4, -0.2) is 26.1 Å². The number of nitrogens with zero attached hydrogens (tertiary/aromatic N) is 2. The van der Waals surface area contributed by atoms with Crippen LogP contribution in [0.1, 0.15) is 34.8 Å². The molecule has 0 saturated carbocycles. The van der Waals surface area contributed by atoms with Gasteiger partial charge in [0.2, 0.25) is 5.88 Å². The van der Waals surface area contributed by atoms with Crippen molar-refractivity contribution in [3.8, 4) is 11.6 Å². The van der Waals surface area contributed by atoms with E-state index in [1.807, 2.05) is 13.0 Å². The number of amides is 1. The Morgan fingerprint density at radius 3 is 2.56 bits per heavy atom. The van der Waals surface area contributed by atoms with E-state index in [1.54, 1.807) is 18.2 Å². The van der Waals surface area contributed by atoms with Crippen LogP contribution in [0.4, 0.5) is 5.69 Å². The topological polar surface area (TPSA) is 95.3 Å². The van der Waals surface area contributed by atoms with E-state index in [2.05, 4.69) is 22.2 Å². The fourth-order valence-corrected chi connectivity index (χ4v) is 2.88. The molecule has 6 nitrogen and oxygen atoms in total. The average molecular weight is 337 g/mol. The molecule has 3 aromatic rings. The number of anilines is 1. The molecule has 3 rings (SSSR count). The van der Waals surface area contributed by atoms with Gasteiger partial charge in [0.15, 0.2) is 5.75 Å². The second kappa shape index (κ2) is 6.76. The van der Waals surface area contributed by atoms with Crippen molar-refractivity contribution in [3.63, 3.8) is 0 Å². The lowest BCUT2D eigenvalue weighted by atomic mass is 9.98. The molecular weight excluding hydrogens is 318 g/mol. The second-order valence-corrected chi connectivity index (χ2v) is 5.84. The summed E-state index contributed by atoms with van der Waals surface area (Å²) in [5.74, 6) is -1.06. The summed E-state index contributed by atoms with van der Waals surface area (Å²) in [6, 6.07) is 6.80. The zero-order chi connectivity index (χ0) is 18.0. The third-order valence-electron chi connectivity index (χ3n) is 4.18. The summed E-state index contributed by atoms with van der Waals surface area (Å²) in [7, 11) is 0. The molecule has 0 aliphatic carbocycles. The van der Waals surface area contributed by atoms with Crippen molar-refractivity contribution in [1.82, 2.24) is 9.97 Å². The molecule has 0 atom stereocenters. The first-order chi connectivity index (χ1) is 12.0. The Balaban J connectivity index is 2.09. The number of carbonyl (C=O) groups is 1. The maximum absolute atomic E-state index is 12.3. The predicted octanol–water partition coefficient (Wildman–Crippen LogP) is 3.55. The summed E-state index contributed by atoms with van der Waals surface area (Å²) >= 11 is 0. The van der Waals surface area contributed by atoms with Gasteiger partial charge in [0, 0.05) is 23.3 Å². The van der Waals surface area contributed by atoms with Crippen LogP contribution in [-0.2, 0) is 6.42 Å². The van der Waals surface area contributed by atoms with Crippen molar-refractivity contribution in [3.05, 3.63) is 53.3 Å². The zero-order valence-electron chi connectivity index (χ0n) is 14.1. The minimum Gasteiger partial charge on any atom is -0.505 e. The van der Waals surface area contributed by atoms with Crippen LogP contribution >= 0.6 is 0 Å². The molecule has 2 heterocycles. The number of hydrogen-bond donors (Lipinski definition) is 3. The lowest BCUT2D eigenvalue weighted by molar-refractivity contribution is 0.102. The third kappa shape index (κ3) is 3.10. The molecule has 2 aromatic heterocycles. The van der Waals surface area contributed by atoms with E-state index in [0.29, 0.717) is 16.5 Å². The molecule has 6 heteroatoms. The minimum atomic E-state index is -0.462. The number of benzene rings is 1. The highest BCUT2D eigenvalue weighted by molar-refractivity contribution is 6.08. The van der Waals surface area contributed by atoms with E-state index in [9.17, 15) is 15.0 Å². The number of rotatable bonds is 4. The number of carbonyl (C=O) groups excluding carboxylic acids is 1. The van der Waals surface area contributed by atoms with Gasteiger partial charge in [0.25, 0.3) is 5.91 Å². The molecule has 0 unspecified atom stereocenters. The lowest BCUT2D eigenvalue weighted by Gasteiger charge is -2.14. The van der Waals surface area contributed by atoms with Crippen molar-refractivity contribution < 1.29 is 15.0 Å². The van der Waals surface area contributed by atoms with E-state index in [4.69, 9.17) is 0 Å². The number of aromatic hydroxyl groups is 2. The van der Waals surface area contributed by atoms with Crippen molar-refractivity contribution in [2.45, 2.75) is 26.7 Å². The van der Waals surface area contributed by atoms with Gasteiger partial charge in [0.1, 0.15) is 5.69 Å². The van der Waals surface area contributed by atoms with Crippen molar-refractivity contribution in [1.29, 1.82) is 0 Å². The normalized spacial score (nSPS) is 10.8. The van der Waals surface area contributed by atoms with Crippen LogP contribution in [0.25, 0.3) is 10.9 Å². The van der Waals surface area contributed by atoms with Gasteiger partial charge in [-0.15, -0.1) is 0 Å². The summed E-state index contributed by atoms with van der Waals surface area (Å²) in [6.45, 7) is 3.99. The van der Waals surface area contributed by atoms with E-state index in [0.717, 1.165) is 24.0 Å². The first-order valence-electron chi connectivity index (χ1n) is 8.08. The van der Waals surface area contributed by atoms with Crippen LogP contribution in [0, 0.1) is 6.92 Å². The average Bonchev–Trinajstić information content (AvgIpc) is 2.61. The number of nitrogens with one attached hydrogen (secondary N) is 1. The molecule has 0 radical (unpaired) electrons. The summed E-state index contributed by atoms with van der Waals surface area (Å²) in [4.78, 5) is 20.3. The number of aryl methyl sites for hydroxylation is 2. The Morgan fingerprint density at radius 2 is 1.88 bits per heavy atom. The highest BCUT2D eigenvalue weighted by atomic mass is 16.3.